The SMILES string of the molecule is CCC1CCCCC1C(F)C(=O)O. The summed E-state index contributed by atoms with van der Waals surface area (Å²) < 4.78 is 13.2. The second-order valence-electron chi connectivity index (χ2n) is 3.86. The van der Waals surface area contributed by atoms with Crippen molar-refractivity contribution < 1.29 is 14.3 Å². The van der Waals surface area contributed by atoms with Crippen molar-refractivity contribution in [3.05, 3.63) is 0 Å². The van der Waals surface area contributed by atoms with Crippen molar-refractivity contribution >= 4 is 5.97 Å². The third-order valence-electron chi connectivity index (χ3n) is 3.10. The van der Waals surface area contributed by atoms with E-state index in [9.17, 15) is 9.18 Å². The Kier molecular flexibility index (Phi) is 3.70. The van der Waals surface area contributed by atoms with Crippen LogP contribution in [0, 0.1) is 11.8 Å². The van der Waals surface area contributed by atoms with E-state index in [0.29, 0.717) is 0 Å². The molecule has 0 bridgehead atoms. The zero-order valence-corrected chi connectivity index (χ0v) is 8.00. The Morgan fingerprint density at radius 3 is 2.69 bits per heavy atom. The summed E-state index contributed by atoms with van der Waals surface area (Å²) in [5, 5.41) is 8.57. The van der Waals surface area contributed by atoms with Gasteiger partial charge in [-0.1, -0.05) is 32.6 Å². The molecule has 1 fully saturated rings. The monoisotopic (exact) mass is 188 g/mol. The number of carboxylic acids is 1. The van der Waals surface area contributed by atoms with E-state index in [0.717, 1.165) is 32.1 Å². The van der Waals surface area contributed by atoms with E-state index in [1.54, 1.807) is 0 Å². The fourth-order valence-corrected chi connectivity index (χ4v) is 2.31. The highest BCUT2D eigenvalue weighted by atomic mass is 19.1. The molecule has 3 heteroatoms. The van der Waals surface area contributed by atoms with Gasteiger partial charge in [-0.15, -0.1) is 0 Å². The molecule has 76 valence electrons. The summed E-state index contributed by atoms with van der Waals surface area (Å²) in [4.78, 5) is 10.5. The Hall–Kier alpha value is -0.600. The van der Waals surface area contributed by atoms with Gasteiger partial charge in [0, 0.05) is 5.92 Å². The van der Waals surface area contributed by atoms with Gasteiger partial charge in [0.2, 0.25) is 0 Å². The molecule has 1 rings (SSSR count). The third kappa shape index (κ3) is 2.42. The van der Waals surface area contributed by atoms with Gasteiger partial charge in [-0.05, 0) is 12.3 Å². The molecule has 0 amide bonds. The molecule has 0 spiro atoms. The van der Waals surface area contributed by atoms with Crippen LogP contribution in [0.25, 0.3) is 0 Å². The normalized spacial score (nSPS) is 31.2. The summed E-state index contributed by atoms with van der Waals surface area (Å²) in [6, 6.07) is 0. The Morgan fingerprint density at radius 2 is 2.15 bits per heavy atom. The molecule has 0 radical (unpaired) electrons. The smallest absolute Gasteiger partial charge is 0.338 e. The maximum absolute atomic E-state index is 13.2. The van der Waals surface area contributed by atoms with Crippen LogP contribution in [0.3, 0.4) is 0 Å². The molecule has 1 aliphatic rings. The molecule has 3 unspecified atom stereocenters. The lowest BCUT2D eigenvalue weighted by Gasteiger charge is -2.31. The second-order valence-corrected chi connectivity index (χ2v) is 3.86. The molecule has 1 N–H and O–H groups in total. The van der Waals surface area contributed by atoms with Crippen molar-refractivity contribution in [2.75, 3.05) is 0 Å². The molecule has 13 heavy (non-hydrogen) atoms. The number of carboxylic acid groups (broad SMARTS) is 1. The average Bonchev–Trinajstić information content (AvgIpc) is 2.16. The third-order valence-corrected chi connectivity index (χ3v) is 3.10. The van der Waals surface area contributed by atoms with Crippen LogP contribution in [0.5, 0.6) is 0 Å². The second kappa shape index (κ2) is 4.58. The van der Waals surface area contributed by atoms with E-state index >= 15 is 0 Å². The van der Waals surface area contributed by atoms with Gasteiger partial charge in [0.25, 0.3) is 0 Å². The quantitative estimate of drug-likeness (QED) is 0.739. The minimum atomic E-state index is -1.65. The first kappa shape index (κ1) is 10.5. The number of rotatable bonds is 3. The van der Waals surface area contributed by atoms with Crippen molar-refractivity contribution in [1.82, 2.24) is 0 Å². The van der Waals surface area contributed by atoms with Crippen LogP contribution in [0.4, 0.5) is 4.39 Å². The molecule has 1 aliphatic carbocycles. The molecule has 0 aromatic carbocycles. The number of halogens is 1. The standard InChI is InChI=1S/C10H17FO2/c1-2-7-5-3-4-6-8(7)9(11)10(12)13/h7-9H,2-6H2,1H3,(H,12,13). The van der Waals surface area contributed by atoms with Gasteiger partial charge in [0.15, 0.2) is 6.17 Å². The Balaban J connectivity index is 2.58. The van der Waals surface area contributed by atoms with Gasteiger partial charge in [-0.3, -0.25) is 0 Å². The number of hydrogen-bond donors (Lipinski definition) is 1. The van der Waals surface area contributed by atoms with E-state index in [2.05, 4.69) is 0 Å². The molecule has 1 saturated carbocycles. The summed E-state index contributed by atoms with van der Waals surface area (Å²) in [7, 11) is 0. The maximum Gasteiger partial charge on any atom is 0.338 e. The minimum absolute atomic E-state index is 0.240. The molecule has 0 aromatic heterocycles. The van der Waals surface area contributed by atoms with Gasteiger partial charge in [0.1, 0.15) is 0 Å². The van der Waals surface area contributed by atoms with E-state index < -0.39 is 12.1 Å². The van der Waals surface area contributed by atoms with Gasteiger partial charge in [-0.25, -0.2) is 9.18 Å². The molecule has 0 aliphatic heterocycles. The Bertz CT molecular complexity index is 182. The van der Waals surface area contributed by atoms with Crippen LogP contribution in [0.15, 0.2) is 0 Å². The van der Waals surface area contributed by atoms with Gasteiger partial charge >= 0.3 is 5.97 Å². The van der Waals surface area contributed by atoms with Crippen LogP contribution in [0.1, 0.15) is 39.0 Å². The van der Waals surface area contributed by atoms with E-state index in [1.807, 2.05) is 6.92 Å². The Morgan fingerprint density at radius 1 is 1.54 bits per heavy atom. The summed E-state index contributed by atoms with van der Waals surface area (Å²) >= 11 is 0. The molecule has 3 atom stereocenters. The largest absolute Gasteiger partial charge is 0.479 e. The average molecular weight is 188 g/mol. The van der Waals surface area contributed by atoms with Gasteiger partial charge in [0.05, 0.1) is 0 Å². The highest BCUT2D eigenvalue weighted by Gasteiger charge is 2.34. The topological polar surface area (TPSA) is 37.3 Å². The molecule has 0 heterocycles. The van der Waals surface area contributed by atoms with Crippen LogP contribution < -0.4 is 0 Å². The number of hydrogen-bond acceptors (Lipinski definition) is 1. The summed E-state index contributed by atoms with van der Waals surface area (Å²) in [5.74, 6) is -1.25. The molecular weight excluding hydrogens is 171 g/mol. The fourth-order valence-electron chi connectivity index (χ4n) is 2.31. The summed E-state index contributed by atoms with van der Waals surface area (Å²) in [5.41, 5.74) is 0. The molecule has 0 aromatic rings. The maximum atomic E-state index is 13.2. The summed E-state index contributed by atoms with van der Waals surface area (Å²) in [6.45, 7) is 2.01. The van der Waals surface area contributed by atoms with Gasteiger partial charge < -0.3 is 5.11 Å². The lowest BCUT2D eigenvalue weighted by molar-refractivity contribution is -0.146. The first-order valence-electron chi connectivity index (χ1n) is 5.03. The lowest BCUT2D eigenvalue weighted by Crippen LogP contribution is -2.33. The van der Waals surface area contributed by atoms with E-state index in [-0.39, 0.29) is 11.8 Å². The van der Waals surface area contributed by atoms with Crippen molar-refractivity contribution in [3.8, 4) is 0 Å². The van der Waals surface area contributed by atoms with Crippen LogP contribution in [-0.2, 0) is 4.79 Å². The van der Waals surface area contributed by atoms with Crippen molar-refractivity contribution in [2.24, 2.45) is 11.8 Å². The lowest BCUT2D eigenvalue weighted by atomic mass is 9.75. The molecule has 2 nitrogen and oxygen atoms in total. The highest BCUT2D eigenvalue weighted by molar-refractivity contribution is 5.72. The van der Waals surface area contributed by atoms with Crippen LogP contribution in [0.2, 0.25) is 0 Å². The predicted octanol–water partition coefficient (Wildman–Crippen LogP) is 2.63. The van der Waals surface area contributed by atoms with Gasteiger partial charge in [-0.2, -0.15) is 0 Å². The van der Waals surface area contributed by atoms with Crippen molar-refractivity contribution in [1.29, 1.82) is 0 Å². The zero-order valence-electron chi connectivity index (χ0n) is 8.00. The summed E-state index contributed by atoms with van der Waals surface area (Å²) in [6.07, 6.45) is 3.10. The number of alkyl halides is 1. The molecule has 0 saturated heterocycles. The molecular formula is C10H17FO2. The number of carbonyl (C=O) groups is 1. The first-order chi connectivity index (χ1) is 6.16. The fraction of sp³-hybridized carbons (Fsp3) is 0.900. The van der Waals surface area contributed by atoms with E-state index in [1.165, 1.54) is 0 Å². The first-order valence-corrected chi connectivity index (χ1v) is 5.03. The van der Waals surface area contributed by atoms with Crippen LogP contribution >= 0.6 is 0 Å². The van der Waals surface area contributed by atoms with Crippen LogP contribution in [-0.4, -0.2) is 17.2 Å². The zero-order chi connectivity index (χ0) is 9.84. The number of aliphatic carboxylic acids is 1. The minimum Gasteiger partial charge on any atom is -0.479 e. The predicted molar refractivity (Wildman–Crippen MR) is 48.3 cm³/mol. The van der Waals surface area contributed by atoms with Crippen molar-refractivity contribution in [2.45, 2.75) is 45.2 Å². The Labute approximate surface area is 78.1 Å². The van der Waals surface area contributed by atoms with Crippen molar-refractivity contribution in [3.63, 3.8) is 0 Å². The highest BCUT2D eigenvalue weighted by Crippen LogP contribution is 2.35. The van der Waals surface area contributed by atoms with E-state index in [4.69, 9.17) is 5.11 Å².